The number of nitro groups is 1. The van der Waals surface area contributed by atoms with Crippen molar-refractivity contribution in [1.29, 1.82) is 0 Å². The largest absolute Gasteiger partial charge is 0.318 e. The van der Waals surface area contributed by atoms with E-state index in [2.05, 4.69) is 31.0 Å². The first-order chi connectivity index (χ1) is 14.9. The number of fused-ring (bicyclic) bond motifs is 2. The normalized spacial score (nSPS) is 14.5. The van der Waals surface area contributed by atoms with Gasteiger partial charge in [-0.25, -0.2) is 5.10 Å². The van der Waals surface area contributed by atoms with Crippen LogP contribution in [0.4, 0.5) is 17.3 Å². The van der Waals surface area contributed by atoms with E-state index in [4.69, 9.17) is 23.2 Å². The Labute approximate surface area is 182 Å². The Morgan fingerprint density at radius 3 is 2.61 bits per heavy atom. The van der Waals surface area contributed by atoms with Crippen molar-refractivity contribution in [3.05, 3.63) is 84.1 Å². The fourth-order valence-electron chi connectivity index (χ4n) is 3.51. The zero-order chi connectivity index (χ0) is 21.7. The average Bonchev–Trinajstić information content (AvgIpc) is 3.22. The molecule has 0 aliphatic carbocycles. The number of nitrogens with zero attached hydrogens (tertiary/aromatic N) is 6. The highest BCUT2D eigenvalue weighted by Gasteiger charge is 2.35. The number of anilines is 2. The van der Waals surface area contributed by atoms with Crippen molar-refractivity contribution in [2.75, 3.05) is 5.32 Å². The van der Waals surface area contributed by atoms with Gasteiger partial charge in [-0.2, -0.15) is 9.78 Å². The molecule has 0 fully saturated rings. The second kappa shape index (κ2) is 7.15. The van der Waals surface area contributed by atoms with Gasteiger partial charge in [-0.15, -0.1) is 0 Å². The molecule has 5 rings (SSSR count). The van der Waals surface area contributed by atoms with Gasteiger partial charge in [0, 0.05) is 38.9 Å². The van der Waals surface area contributed by atoms with Crippen LogP contribution in [0.5, 0.6) is 0 Å². The van der Waals surface area contributed by atoms with Gasteiger partial charge in [-0.1, -0.05) is 34.4 Å². The van der Waals surface area contributed by atoms with Crippen LogP contribution >= 0.6 is 23.2 Å². The molecule has 0 bridgehead atoms. The summed E-state index contributed by atoms with van der Waals surface area (Å²) in [6.07, 6.45) is 0. The summed E-state index contributed by atoms with van der Waals surface area (Å²) < 4.78 is 1.48. The van der Waals surface area contributed by atoms with Crippen LogP contribution in [0.1, 0.15) is 17.2 Å². The van der Waals surface area contributed by atoms with Gasteiger partial charge in [0.2, 0.25) is 5.95 Å². The third kappa shape index (κ3) is 3.10. The van der Waals surface area contributed by atoms with Crippen LogP contribution in [0.3, 0.4) is 0 Å². The van der Waals surface area contributed by atoms with Crippen molar-refractivity contribution in [2.45, 2.75) is 6.04 Å². The van der Waals surface area contributed by atoms with Gasteiger partial charge in [0.15, 0.2) is 0 Å². The molecule has 13 heteroatoms. The van der Waals surface area contributed by atoms with Crippen LogP contribution in [0, 0.1) is 10.1 Å². The maximum absolute atomic E-state index is 12.6. The molecule has 154 valence electrons. The number of benzene rings is 2. The number of hydrogen-bond acceptors (Lipinski definition) is 8. The van der Waals surface area contributed by atoms with Crippen LogP contribution in [0.25, 0.3) is 11.3 Å². The van der Waals surface area contributed by atoms with Crippen molar-refractivity contribution in [3.8, 4) is 11.3 Å². The Morgan fingerprint density at radius 1 is 1.13 bits per heavy atom. The van der Waals surface area contributed by atoms with E-state index in [1.807, 2.05) is 0 Å². The maximum Gasteiger partial charge on any atom is 0.288 e. The summed E-state index contributed by atoms with van der Waals surface area (Å²) in [7, 11) is 0. The monoisotopic (exact) mass is 456 g/mol. The lowest BCUT2D eigenvalue weighted by atomic mass is 9.92. The molecule has 1 aliphatic heterocycles. The van der Waals surface area contributed by atoms with E-state index in [1.165, 1.54) is 16.8 Å². The second-order valence-corrected chi connectivity index (χ2v) is 7.48. The van der Waals surface area contributed by atoms with E-state index in [9.17, 15) is 14.9 Å². The number of H-pyrrole nitrogens is 1. The molecular weight excluding hydrogens is 447 g/mol. The smallest absolute Gasteiger partial charge is 0.288 e. The minimum Gasteiger partial charge on any atom is -0.318 e. The molecule has 0 unspecified atom stereocenters. The molecule has 1 aliphatic rings. The Hall–Kier alpha value is -3.83. The number of nitro benzene ring substituents is 1. The SMILES string of the molecule is O=c1[nH]nc(-c2ccc([N+](=O)[O-])cc2)c2c1Nc1nnnn1[C@@H]2c1ccc(Cl)cc1Cl. The van der Waals surface area contributed by atoms with Crippen molar-refractivity contribution in [1.82, 2.24) is 30.4 Å². The van der Waals surface area contributed by atoms with Crippen molar-refractivity contribution in [3.63, 3.8) is 0 Å². The first kappa shape index (κ1) is 19.2. The zero-order valence-corrected chi connectivity index (χ0v) is 16.8. The van der Waals surface area contributed by atoms with Gasteiger partial charge in [0.25, 0.3) is 11.2 Å². The molecule has 0 amide bonds. The number of tetrazole rings is 1. The van der Waals surface area contributed by atoms with Crippen LogP contribution in [0.2, 0.25) is 10.0 Å². The molecule has 4 aromatic rings. The molecule has 2 N–H and O–H groups in total. The molecule has 0 saturated carbocycles. The Morgan fingerprint density at radius 2 is 1.90 bits per heavy atom. The van der Waals surface area contributed by atoms with Gasteiger partial charge in [0.1, 0.15) is 11.7 Å². The number of nitrogens with one attached hydrogen (secondary N) is 2. The maximum atomic E-state index is 12.6. The van der Waals surface area contributed by atoms with E-state index in [-0.39, 0.29) is 17.3 Å². The topological polar surface area (TPSA) is 145 Å². The second-order valence-electron chi connectivity index (χ2n) is 6.63. The fourth-order valence-corrected chi connectivity index (χ4v) is 4.02. The number of rotatable bonds is 3. The predicted octanol–water partition coefficient (Wildman–Crippen LogP) is 3.33. The molecule has 2 aromatic carbocycles. The molecule has 0 radical (unpaired) electrons. The third-order valence-electron chi connectivity index (χ3n) is 4.88. The first-order valence-corrected chi connectivity index (χ1v) is 9.57. The number of aromatic amines is 1. The van der Waals surface area contributed by atoms with Gasteiger partial charge < -0.3 is 5.32 Å². The quantitative estimate of drug-likeness (QED) is 0.310. The number of halogens is 2. The summed E-state index contributed by atoms with van der Waals surface area (Å²) in [5.41, 5.74) is 1.63. The van der Waals surface area contributed by atoms with E-state index in [1.54, 1.807) is 30.3 Å². The zero-order valence-electron chi connectivity index (χ0n) is 15.3. The van der Waals surface area contributed by atoms with Gasteiger partial charge in [-0.05, 0) is 34.7 Å². The van der Waals surface area contributed by atoms with Crippen LogP contribution < -0.4 is 10.9 Å². The Balaban J connectivity index is 1.79. The van der Waals surface area contributed by atoms with Gasteiger partial charge in [0.05, 0.1) is 10.6 Å². The van der Waals surface area contributed by atoms with E-state index in [0.29, 0.717) is 32.4 Å². The minimum atomic E-state index is -0.703. The molecule has 0 spiro atoms. The molecule has 31 heavy (non-hydrogen) atoms. The average molecular weight is 457 g/mol. The molecule has 0 saturated heterocycles. The number of hydrogen-bond donors (Lipinski definition) is 2. The Kier molecular flexibility index (Phi) is 4.41. The van der Waals surface area contributed by atoms with Crippen molar-refractivity contribution in [2.24, 2.45) is 0 Å². The molecule has 2 aromatic heterocycles. The third-order valence-corrected chi connectivity index (χ3v) is 5.44. The standard InChI is InChI=1S/C18H10Cl2N8O3/c19-9-3-6-11(12(20)7-9)16-13-14(8-1-4-10(5-2-8)28(30)31)22-23-17(29)15(13)21-18-24-25-26-27(16)18/h1-7,16H,(H,23,29)(H,21,24,26)/t16-/m1/s1. The Bertz CT molecular complexity index is 1400. The molecule has 11 nitrogen and oxygen atoms in total. The summed E-state index contributed by atoms with van der Waals surface area (Å²) in [6, 6.07) is 10.1. The summed E-state index contributed by atoms with van der Waals surface area (Å²) in [6.45, 7) is 0. The minimum absolute atomic E-state index is 0.0692. The summed E-state index contributed by atoms with van der Waals surface area (Å²) in [5.74, 6) is 0.245. The molecular formula is C18H10Cl2N8O3. The lowest BCUT2D eigenvalue weighted by molar-refractivity contribution is -0.384. The van der Waals surface area contributed by atoms with E-state index in [0.717, 1.165) is 0 Å². The van der Waals surface area contributed by atoms with Crippen LogP contribution in [0.15, 0.2) is 47.3 Å². The van der Waals surface area contributed by atoms with Crippen molar-refractivity contribution < 1.29 is 4.92 Å². The highest BCUT2D eigenvalue weighted by molar-refractivity contribution is 6.35. The fraction of sp³-hybridized carbons (Fsp3) is 0.0556. The lowest BCUT2D eigenvalue weighted by Crippen LogP contribution is -2.29. The summed E-state index contributed by atoms with van der Waals surface area (Å²) in [4.78, 5) is 23.2. The highest BCUT2D eigenvalue weighted by Crippen LogP contribution is 2.43. The van der Waals surface area contributed by atoms with Gasteiger partial charge in [-0.3, -0.25) is 14.9 Å². The molecule has 1 atom stereocenters. The highest BCUT2D eigenvalue weighted by atomic mass is 35.5. The summed E-state index contributed by atoms with van der Waals surface area (Å²) >= 11 is 12.6. The van der Waals surface area contributed by atoms with Crippen LogP contribution in [-0.4, -0.2) is 35.3 Å². The lowest BCUT2D eigenvalue weighted by Gasteiger charge is -2.28. The van der Waals surface area contributed by atoms with Crippen molar-refractivity contribution >= 4 is 40.5 Å². The van der Waals surface area contributed by atoms with Gasteiger partial charge >= 0.3 is 0 Å². The van der Waals surface area contributed by atoms with Crippen LogP contribution in [-0.2, 0) is 0 Å². The number of aromatic nitrogens is 6. The van der Waals surface area contributed by atoms with E-state index < -0.39 is 16.5 Å². The molecule has 3 heterocycles. The van der Waals surface area contributed by atoms with E-state index >= 15 is 0 Å². The first-order valence-electron chi connectivity index (χ1n) is 8.81. The predicted molar refractivity (Wildman–Crippen MR) is 112 cm³/mol. The summed E-state index contributed by atoms with van der Waals surface area (Å²) in [5, 5.41) is 33.1. The number of non-ortho nitro benzene ring substituents is 1.